The van der Waals surface area contributed by atoms with Gasteiger partial charge in [-0.15, -0.1) is 0 Å². The Kier molecular flexibility index (Phi) is 1.62. The second kappa shape index (κ2) is 2.46. The fraction of sp³-hybridized carbons (Fsp3) is 0.286. The van der Waals surface area contributed by atoms with Crippen molar-refractivity contribution in [3.05, 3.63) is 24.3 Å². The summed E-state index contributed by atoms with van der Waals surface area (Å²) in [5.74, 6) is 0. The van der Waals surface area contributed by atoms with Gasteiger partial charge in [-0.3, -0.25) is 4.99 Å². The number of hydrogen-bond acceptors (Lipinski definition) is 1. The second-order valence-electron chi connectivity index (χ2n) is 1.69. The standard InChI is InChI=1S/C7H9N/c1-8-7-5-3-2-4-6-7/h3-6H,2H2,1H3. The average Bonchev–Trinajstić information content (AvgIpc) is 1.90. The second-order valence-corrected chi connectivity index (χ2v) is 1.69. The van der Waals surface area contributed by atoms with E-state index in [9.17, 15) is 0 Å². The van der Waals surface area contributed by atoms with E-state index in [1.165, 1.54) is 0 Å². The lowest BCUT2D eigenvalue weighted by Gasteiger charge is -1.94. The van der Waals surface area contributed by atoms with Crippen molar-refractivity contribution in [2.24, 2.45) is 4.99 Å². The van der Waals surface area contributed by atoms with Crippen LogP contribution >= 0.6 is 0 Å². The zero-order chi connectivity index (χ0) is 5.82. The number of nitrogens with zero attached hydrogens (tertiary/aromatic N) is 1. The van der Waals surface area contributed by atoms with Crippen LogP contribution < -0.4 is 0 Å². The van der Waals surface area contributed by atoms with Gasteiger partial charge in [0, 0.05) is 7.05 Å². The van der Waals surface area contributed by atoms with E-state index in [4.69, 9.17) is 0 Å². The van der Waals surface area contributed by atoms with Crippen molar-refractivity contribution in [3.63, 3.8) is 0 Å². The molecule has 0 fully saturated rings. The molecule has 1 aliphatic rings. The van der Waals surface area contributed by atoms with Gasteiger partial charge in [0.25, 0.3) is 0 Å². The molecule has 0 saturated carbocycles. The molecule has 1 nitrogen and oxygen atoms in total. The Morgan fingerprint density at radius 2 is 2.00 bits per heavy atom. The smallest absolute Gasteiger partial charge is 0.0564 e. The maximum Gasteiger partial charge on any atom is 0.0564 e. The van der Waals surface area contributed by atoms with Gasteiger partial charge in [0.1, 0.15) is 0 Å². The summed E-state index contributed by atoms with van der Waals surface area (Å²) in [5, 5.41) is 0. The molecule has 0 unspecified atom stereocenters. The average molecular weight is 107 g/mol. The van der Waals surface area contributed by atoms with Crippen molar-refractivity contribution in [1.29, 1.82) is 0 Å². The van der Waals surface area contributed by atoms with Gasteiger partial charge in [0.05, 0.1) is 5.71 Å². The van der Waals surface area contributed by atoms with Crippen LogP contribution in [0.4, 0.5) is 0 Å². The predicted molar refractivity (Wildman–Crippen MR) is 36.3 cm³/mol. The number of rotatable bonds is 0. The molecule has 1 rings (SSSR count). The van der Waals surface area contributed by atoms with E-state index in [0.29, 0.717) is 0 Å². The van der Waals surface area contributed by atoms with Crippen LogP contribution in [0.25, 0.3) is 0 Å². The van der Waals surface area contributed by atoms with Gasteiger partial charge in [-0.05, 0) is 18.6 Å². The van der Waals surface area contributed by atoms with Gasteiger partial charge in [-0.2, -0.15) is 0 Å². The Morgan fingerprint density at radius 1 is 1.38 bits per heavy atom. The molecule has 0 radical (unpaired) electrons. The van der Waals surface area contributed by atoms with Crippen LogP contribution in [0.3, 0.4) is 0 Å². The van der Waals surface area contributed by atoms with Gasteiger partial charge in [-0.1, -0.05) is 12.2 Å². The Morgan fingerprint density at radius 3 is 2.38 bits per heavy atom. The lowest BCUT2D eigenvalue weighted by atomic mass is 10.2. The summed E-state index contributed by atoms with van der Waals surface area (Å²) >= 11 is 0. The van der Waals surface area contributed by atoms with Gasteiger partial charge in [0.2, 0.25) is 0 Å². The van der Waals surface area contributed by atoms with Crippen molar-refractivity contribution in [2.75, 3.05) is 7.05 Å². The van der Waals surface area contributed by atoms with Gasteiger partial charge < -0.3 is 0 Å². The van der Waals surface area contributed by atoms with E-state index in [2.05, 4.69) is 17.1 Å². The van der Waals surface area contributed by atoms with E-state index in [1.54, 1.807) is 7.05 Å². The molecule has 0 bridgehead atoms. The summed E-state index contributed by atoms with van der Waals surface area (Å²) in [6, 6.07) is 0. The van der Waals surface area contributed by atoms with Crippen LogP contribution in [0, 0.1) is 0 Å². The monoisotopic (exact) mass is 107 g/mol. The zero-order valence-corrected chi connectivity index (χ0v) is 4.96. The molecule has 8 heavy (non-hydrogen) atoms. The van der Waals surface area contributed by atoms with Gasteiger partial charge in [0.15, 0.2) is 0 Å². The number of aliphatic imine (C=N–C) groups is 1. The molecule has 0 amide bonds. The van der Waals surface area contributed by atoms with E-state index < -0.39 is 0 Å². The summed E-state index contributed by atoms with van der Waals surface area (Å²) in [5.41, 5.74) is 1.07. The third-order valence-electron chi connectivity index (χ3n) is 1.11. The third kappa shape index (κ3) is 1.06. The summed E-state index contributed by atoms with van der Waals surface area (Å²) in [7, 11) is 1.80. The summed E-state index contributed by atoms with van der Waals surface area (Å²) < 4.78 is 0. The summed E-state index contributed by atoms with van der Waals surface area (Å²) in [6.07, 6.45) is 9.31. The topological polar surface area (TPSA) is 12.4 Å². The highest BCUT2D eigenvalue weighted by molar-refractivity contribution is 6.04. The molecule has 42 valence electrons. The number of hydrogen-bond donors (Lipinski definition) is 0. The lowest BCUT2D eigenvalue weighted by molar-refractivity contribution is 1.36. The highest BCUT2D eigenvalue weighted by Gasteiger charge is 1.87. The molecule has 1 aliphatic carbocycles. The van der Waals surface area contributed by atoms with Crippen LogP contribution in [0.1, 0.15) is 6.42 Å². The molecular weight excluding hydrogens is 98.1 g/mol. The van der Waals surface area contributed by atoms with Crippen LogP contribution in [0.2, 0.25) is 0 Å². The minimum atomic E-state index is 1.05. The van der Waals surface area contributed by atoms with Gasteiger partial charge >= 0.3 is 0 Å². The Hall–Kier alpha value is -0.850. The molecule has 0 aliphatic heterocycles. The molecule has 0 aromatic carbocycles. The third-order valence-corrected chi connectivity index (χ3v) is 1.11. The largest absolute Gasteiger partial charge is 0.289 e. The lowest BCUT2D eigenvalue weighted by Crippen LogP contribution is -1.89. The fourth-order valence-electron chi connectivity index (χ4n) is 0.661. The van der Waals surface area contributed by atoms with Crippen LogP contribution in [0.5, 0.6) is 0 Å². The Labute approximate surface area is 49.4 Å². The summed E-state index contributed by atoms with van der Waals surface area (Å²) in [4.78, 5) is 3.99. The molecule has 0 N–H and O–H groups in total. The molecule has 1 heteroatoms. The Bertz CT molecular complexity index is 138. The number of allylic oxidation sites excluding steroid dienone is 4. The summed E-state index contributed by atoms with van der Waals surface area (Å²) in [6.45, 7) is 0. The van der Waals surface area contributed by atoms with E-state index in [0.717, 1.165) is 12.1 Å². The van der Waals surface area contributed by atoms with Crippen LogP contribution in [0.15, 0.2) is 29.3 Å². The fourth-order valence-corrected chi connectivity index (χ4v) is 0.661. The van der Waals surface area contributed by atoms with Gasteiger partial charge in [-0.25, -0.2) is 0 Å². The molecule has 0 saturated heterocycles. The van der Waals surface area contributed by atoms with Crippen molar-refractivity contribution in [3.8, 4) is 0 Å². The Balaban J connectivity index is 2.69. The van der Waals surface area contributed by atoms with E-state index in [1.807, 2.05) is 12.2 Å². The van der Waals surface area contributed by atoms with Crippen molar-refractivity contribution in [1.82, 2.24) is 0 Å². The highest BCUT2D eigenvalue weighted by Crippen LogP contribution is 1.96. The van der Waals surface area contributed by atoms with Crippen LogP contribution in [-0.4, -0.2) is 12.8 Å². The SMILES string of the molecule is CN=C1C=CCC=C1. The quantitative estimate of drug-likeness (QED) is 0.445. The predicted octanol–water partition coefficient (Wildman–Crippen LogP) is 1.57. The first kappa shape index (κ1) is 5.29. The first-order valence-corrected chi connectivity index (χ1v) is 2.73. The minimum Gasteiger partial charge on any atom is -0.289 e. The molecular formula is C7H9N. The maximum atomic E-state index is 3.99. The molecule has 0 aromatic rings. The van der Waals surface area contributed by atoms with Crippen molar-refractivity contribution < 1.29 is 0 Å². The van der Waals surface area contributed by atoms with Crippen LogP contribution in [-0.2, 0) is 0 Å². The normalized spacial score (nSPS) is 16.9. The maximum absolute atomic E-state index is 3.99. The molecule has 0 heterocycles. The first-order chi connectivity index (χ1) is 3.93. The highest BCUT2D eigenvalue weighted by atomic mass is 14.7. The molecule has 0 aromatic heterocycles. The van der Waals surface area contributed by atoms with E-state index in [-0.39, 0.29) is 0 Å². The van der Waals surface area contributed by atoms with Crippen molar-refractivity contribution in [2.45, 2.75) is 6.42 Å². The zero-order valence-electron chi connectivity index (χ0n) is 4.96. The minimum absolute atomic E-state index is 1.05. The van der Waals surface area contributed by atoms with E-state index >= 15 is 0 Å². The first-order valence-electron chi connectivity index (χ1n) is 2.73. The molecule has 0 atom stereocenters. The van der Waals surface area contributed by atoms with Crippen molar-refractivity contribution >= 4 is 5.71 Å². The molecule has 0 spiro atoms.